The molecule has 0 spiro atoms. The number of hydrogen-bond acceptors (Lipinski definition) is 8. The molecule has 0 aliphatic heterocycles. The first-order chi connectivity index (χ1) is 29.0. The van der Waals surface area contributed by atoms with Gasteiger partial charge in [-0.25, -0.2) is 0 Å². The molecule has 0 saturated carbocycles. The lowest BCUT2D eigenvalue weighted by Crippen LogP contribution is -1.80. The van der Waals surface area contributed by atoms with Crippen LogP contribution in [0.3, 0.4) is 0 Å². The second-order valence-corrected chi connectivity index (χ2v) is 24.7. The van der Waals surface area contributed by atoms with Crippen molar-refractivity contribution in [1.29, 1.82) is 0 Å². The van der Waals surface area contributed by atoms with Gasteiger partial charge in [-0.1, -0.05) is 78.6 Å². The first-order valence-corrected chi connectivity index (χ1v) is 28.3. The van der Waals surface area contributed by atoms with Crippen LogP contribution >= 0.6 is 90.7 Å². The fraction of sp³-hybridized carbons (Fsp3) is 0.373. The summed E-state index contributed by atoms with van der Waals surface area (Å²) in [4.78, 5) is 22.6. The van der Waals surface area contributed by atoms with E-state index < -0.39 is 0 Å². The van der Waals surface area contributed by atoms with Crippen molar-refractivity contribution in [3.8, 4) is 69.7 Å². The maximum Gasteiger partial charge on any atom is 0.0542 e. The first-order valence-electron chi connectivity index (χ1n) is 21.8. The molecule has 8 rings (SSSR count). The van der Waals surface area contributed by atoms with Crippen molar-refractivity contribution in [2.45, 2.75) is 124 Å². The van der Waals surface area contributed by atoms with E-state index in [4.69, 9.17) is 0 Å². The predicted octanol–water partition coefficient (Wildman–Crippen LogP) is 20.5. The van der Waals surface area contributed by atoms with Gasteiger partial charge in [-0.15, -0.1) is 90.7 Å². The first kappa shape index (κ1) is 43.3. The SMILES string of the molecule is CCCCCCc1ccc(-c2ccc(-c3cc(-c4ccc(-c5ccc(CCCCCC)s5)s4)c(-c4sc(C)cc4-c4ccc(-c5ccc(CCCCCC)s5)s4)s3)s2)s1. The lowest BCUT2D eigenvalue weighted by Gasteiger charge is -2.03. The summed E-state index contributed by atoms with van der Waals surface area (Å²) in [6.45, 7) is 9.17. The maximum absolute atomic E-state index is 2.51. The molecule has 8 heteroatoms. The van der Waals surface area contributed by atoms with Gasteiger partial charge >= 0.3 is 0 Å². The van der Waals surface area contributed by atoms with E-state index in [1.165, 1.54) is 185 Å². The average molecular weight is 926 g/mol. The summed E-state index contributed by atoms with van der Waals surface area (Å²) in [5, 5.41) is 0. The van der Waals surface area contributed by atoms with Gasteiger partial charge < -0.3 is 0 Å². The van der Waals surface area contributed by atoms with Gasteiger partial charge in [0.15, 0.2) is 0 Å². The molecule has 0 radical (unpaired) electrons. The highest BCUT2D eigenvalue weighted by Crippen LogP contribution is 2.54. The van der Waals surface area contributed by atoms with Crippen LogP contribution in [0.5, 0.6) is 0 Å². The van der Waals surface area contributed by atoms with Crippen LogP contribution in [-0.4, -0.2) is 0 Å². The number of aryl methyl sites for hydroxylation is 4. The minimum atomic E-state index is 1.20. The molecule has 59 heavy (non-hydrogen) atoms. The molecule has 8 aromatic rings. The van der Waals surface area contributed by atoms with Gasteiger partial charge in [-0.2, -0.15) is 0 Å². The minimum Gasteiger partial charge on any atom is -0.139 e. The van der Waals surface area contributed by atoms with Crippen LogP contribution in [-0.2, 0) is 19.3 Å². The van der Waals surface area contributed by atoms with Gasteiger partial charge in [0.05, 0.1) is 9.75 Å². The Balaban J connectivity index is 1.11. The van der Waals surface area contributed by atoms with Crippen molar-refractivity contribution < 1.29 is 0 Å². The average Bonchev–Trinajstić information content (AvgIpc) is 4.09. The van der Waals surface area contributed by atoms with Crippen LogP contribution in [0.15, 0.2) is 84.9 Å². The number of unbranched alkanes of at least 4 members (excludes halogenated alkanes) is 9. The smallest absolute Gasteiger partial charge is 0.0542 e. The predicted molar refractivity (Wildman–Crippen MR) is 276 cm³/mol. The van der Waals surface area contributed by atoms with Crippen molar-refractivity contribution in [2.75, 3.05) is 0 Å². The van der Waals surface area contributed by atoms with Gasteiger partial charge in [0.1, 0.15) is 0 Å². The molecule has 0 bridgehead atoms. The molecule has 0 fully saturated rings. The normalized spacial score (nSPS) is 11.7. The minimum absolute atomic E-state index is 1.20. The van der Waals surface area contributed by atoms with E-state index in [0.717, 1.165) is 0 Å². The van der Waals surface area contributed by atoms with Crippen LogP contribution in [0.2, 0.25) is 0 Å². The summed E-state index contributed by atoms with van der Waals surface area (Å²) >= 11 is 15.8. The van der Waals surface area contributed by atoms with Crippen molar-refractivity contribution in [1.82, 2.24) is 0 Å². The highest BCUT2D eigenvalue weighted by atomic mass is 32.1. The summed E-state index contributed by atoms with van der Waals surface area (Å²) in [6.07, 6.45) is 19.4. The summed E-state index contributed by atoms with van der Waals surface area (Å²) < 4.78 is 0. The summed E-state index contributed by atoms with van der Waals surface area (Å²) in [5.74, 6) is 0. The molecule has 0 aliphatic rings. The van der Waals surface area contributed by atoms with Crippen LogP contribution < -0.4 is 0 Å². The maximum atomic E-state index is 2.51. The fourth-order valence-corrected chi connectivity index (χ4v) is 16.7. The van der Waals surface area contributed by atoms with E-state index in [0.29, 0.717) is 0 Å². The molecule has 0 N–H and O–H groups in total. The topological polar surface area (TPSA) is 0 Å². The lowest BCUT2D eigenvalue weighted by atomic mass is 10.1. The third-order valence-electron chi connectivity index (χ3n) is 10.9. The largest absolute Gasteiger partial charge is 0.139 e. The van der Waals surface area contributed by atoms with E-state index in [1.807, 2.05) is 90.7 Å². The second kappa shape index (κ2) is 21.1. The molecular formula is C51H56S8. The van der Waals surface area contributed by atoms with Crippen LogP contribution in [0.4, 0.5) is 0 Å². The van der Waals surface area contributed by atoms with Crippen molar-refractivity contribution >= 4 is 90.7 Å². The zero-order chi connectivity index (χ0) is 40.6. The molecule has 0 atom stereocenters. The second-order valence-electron chi connectivity index (χ2n) is 15.7. The van der Waals surface area contributed by atoms with E-state index in [1.54, 1.807) is 0 Å². The van der Waals surface area contributed by atoms with Gasteiger partial charge in [0.25, 0.3) is 0 Å². The molecule has 0 unspecified atom stereocenters. The summed E-state index contributed by atoms with van der Waals surface area (Å²) in [5.41, 5.74) is 2.76. The Morgan fingerprint density at radius 3 is 1.08 bits per heavy atom. The molecule has 308 valence electrons. The Kier molecular flexibility index (Phi) is 15.5. The van der Waals surface area contributed by atoms with Gasteiger partial charge in [-0.3, -0.25) is 0 Å². The van der Waals surface area contributed by atoms with E-state index in [-0.39, 0.29) is 0 Å². The van der Waals surface area contributed by atoms with Crippen molar-refractivity contribution in [3.63, 3.8) is 0 Å². The van der Waals surface area contributed by atoms with E-state index in [2.05, 4.69) is 113 Å². The van der Waals surface area contributed by atoms with Gasteiger partial charge in [0.2, 0.25) is 0 Å². The fourth-order valence-electron chi connectivity index (χ4n) is 7.68. The summed E-state index contributed by atoms with van der Waals surface area (Å²) in [7, 11) is 0. The van der Waals surface area contributed by atoms with Crippen LogP contribution in [0, 0.1) is 6.92 Å². The Bertz CT molecular complexity index is 2510. The Morgan fingerprint density at radius 1 is 0.305 bits per heavy atom. The Labute approximate surface area is 385 Å². The quantitative estimate of drug-likeness (QED) is 0.0594. The lowest BCUT2D eigenvalue weighted by molar-refractivity contribution is 0.670. The third kappa shape index (κ3) is 10.8. The molecule has 0 aromatic carbocycles. The monoisotopic (exact) mass is 924 g/mol. The summed E-state index contributed by atoms with van der Waals surface area (Å²) in [6, 6.07) is 33.4. The molecule has 8 heterocycles. The van der Waals surface area contributed by atoms with Gasteiger partial charge in [-0.05, 0) is 130 Å². The van der Waals surface area contributed by atoms with Crippen LogP contribution in [0.25, 0.3) is 69.7 Å². The number of hydrogen-bond donors (Lipinski definition) is 0. The van der Waals surface area contributed by atoms with Crippen molar-refractivity contribution in [2.24, 2.45) is 0 Å². The molecule has 0 aliphatic carbocycles. The standard InChI is InChI=1S/C51H56S8/c1-5-8-11-14-17-35-20-23-42(53-35)45-28-26-40(56-45)38-32-34(4)52-50(38)51-39(41-27-29-46(57-41)43-24-21-36(54-43)18-15-12-9-6-2)33-49(59-51)48-31-30-47(58-48)44-25-22-37(55-44)19-16-13-10-7-3/h20-33H,5-19H2,1-4H3. The molecule has 0 saturated heterocycles. The Hall–Kier alpha value is -2.40. The molecule has 8 aromatic heterocycles. The zero-order valence-electron chi connectivity index (χ0n) is 35.0. The highest BCUT2D eigenvalue weighted by molar-refractivity contribution is 7.30. The molecule has 0 nitrogen and oxygen atoms in total. The molecular weight excluding hydrogens is 869 g/mol. The van der Waals surface area contributed by atoms with Crippen LogP contribution in [0.1, 0.15) is 117 Å². The van der Waals surface area contributed by atoms with E-state index in [9.17, 15) is 0 Å². The highest BCUT2D eigenvalue weighted by Gasteiger charge is 2.23. The Morgan fingerprint density at radius 2 is 0.644 bits per heavy atom. The van der Waals surface area contributed by atoms with Gasteiger partial charge in [0, 0.05) is 79.4 Å². The van der Waals surface area contributed by atoms with E-state index >= 15 is 0 Å². The third-order valence-corrected chi connectivity index (χ3v) is 20.8. The molecule has 0 amide bonds. The van der Waals surface area contributed by atoms with Crippen molar-refractivity contribution in [3.05, 3.63) is 104 Å². The number of thiophene rings is 8. The number of rotatable bonds is 22. The zero-order valence-corrected chi connectivity index (χ0v) is 41.5.